The Hall–Kier alpha value is -2.95. The van der Waals surface area contributed by atoms with Crippen LogP contribution >= 0.6 is 0 Å². The first-order valence-corrected chi connectivity index (χ1v) is 8.20. The van der Waals surface area contributed by atoms with Crippen LogP contribution in [0, 0.1) is 0 Å². The van der Waals surface area contributed by atoms with Crippen molar-refractivity contribution in [1.29, 1.82) is 0 Å². The zero-order valence-corrected chi connectivity index (χ0v) is 13.3. The third-order valence-corrected chi connectivity index (χ3v) is 4.27. The van der Waals surface area contributed by atoms with Gasteiger partial charge in [-0.15, -0.1) is 10.2 Å². The zero-order chi connectivity index (χ0) is 16.4. The summed E-state index contributed by atoms with van der Waals surface area (Å²) in [6.45, 7) is 0.957. The molecule has 2 heterocycles. The number of rotatable bonds is 3. The lowest BCUT2D eigenvalue weighted by Crippen LogP contribution is -2.12. The van der Waals surface area contributed by atoms with Crippen molar-refractivity contribution in [1.82, 2.24) is 14.8 Å². The number of carbonyl (C=O) groups excluding carboxylic acids is 1. The average molecular weight is 318 g/mol. The topological polar surface area (TPSA) is 59.8 Å². The van der Waals surface area contributed by atoms with E-state index in [1.807, 2.05) is 42.5 Å². The molecule has 1 amide bonds. The molecule has 0 saturated heterocycles. The van der Waals surface area contributed by atoms with Crippen molar-refractivity contribution < 1.29 is 4.79 Å². The maximum Gasteiger partial charge on any atom is 0.255 e. The number of amides is 1. The van der Waals surface area contributed by atoms with Crippen molar-refractivity contribution in [3.63, 3.8) is 0 Å². The van der Waals surface area contributed by atoms with Crippen molar-refractivity contribution in [2.45, 2.75) is 25.8 Å². The Morgan fingerprint density at radius 3 is 2.75 bits per heavy atom. The minimum Gasteiger partial charge on any atom is -0.322 e. The van der Waals surface area contributed by atoms with E-state index in [0.717, 1.165) is 42.3 Å². The van der Waals surface area contributed by atoms with E-state index in [1.54, 1.807) is 12.1 Å². The number of nitrogens with one attached hydrogen (secondary N) is 1. The standard InChI is InChI=1S/C19H18N4O/c24-19(14-7-2-1-3-8-14)20-16-10-6-9-15(13-16)18-22-21-17-11-4-5-12-23(17)18/h1-3,6-10,13H,4-5,11-12H2,(H,20,24). The van der Waals surface area contributed by atoms with E-state index in [9.17, 15) is 4.79 Å². The lowest BCUT2D eigenvalue weighted by molar-refractivity contribution is 0.102. The molecule has 5 heteroatoms. The Balaban J connectivity index is 1.60. The number of benzene rings is 2. The molecule has 0 atom stereocenters. The molecular formula is C19H18N4O. The third kappa shape index (κ3) is 2.80. The van der Waals surface area contributed by atoms with Gasteiger partial charge in [0.25, 0.3) is 5.91 Å². The van der Waals surface area contributed by atoms with Crippen LogP contribution in [0.25, 0.3) is 11.4 Å². The van der Waals surface area contributed by atoms with Gasteiger partial charge in [-0.25, -0.2) is 0 Å². The van der Waals surface area contributed by atoms with Gasteiger partial charge in [0.2, 0.25) is 0 Å². The first kappa shape index (κ1) is 14.6. The molecule has 24 heavy (non-hydrogen) atoms. The fraction of sp³-hybridized carbons (Fsp3) is 0.211. The molecular weight excluding hydrogens is 300 g/mol. The maximum absolute atomic E-state index is 12.3. The molecule has 0 unspecified atom stereocenters. The Kier molecular flexibility index (Phi) is 3.83. The molecule has 0 bridgehead atoms. The first-order chi connectivity index (χ1) is 11.8. The highest BCUT2D eigenvalue weighted by Crippen LogP contribution is 2.25. The van der Waals surface area contributed by atoms with Gasteiger partial charge in [-0.3, -0.25) is 4.79 Å². The minimum atomic E-state index is -0.115. The molecule has 1 N–H and O–H groups in total. The summed E-state index contributed by atoms with van der Waals surface area (Å²) in [5.74, 6) is 1.81. The van der Waals surface area contributed by atoms with Crippen LogP contribution in [-0.4, -0.2) is 20.7 Å². The summed E-state index contributed by atoms with van der Waals surface area (Å²) < 4.78 is 2.18. The highest BCUT2D eigenvalue weighted by molar-refractivity contribution is 6.04. The normalized spacial score (nSPS) is 13.3. The van der Waals surface area contributed by atoms with Gasteiger partial charge in [-0.2, -0.15) is 0 Å². The SMILES string of the molecule is O=C(Nc1cccc(-c2nnc3n2CCCC3)c1)c1ccccc1. The van der Waals surface area contributed by atoms with Gasteiger partial charge in [0.1, 0.15) is 5.82 Å². The van der Waals surface area contributed by atoms with E-state index in [4.69, 9.17) is 0 Å². The molecule has 0 spiro atoms. The van der Waals surface area contributed by atoms with Gasteiger partial charge in [0.05, 0.1) is 0 Å². The predicted octanol–water partition coefficient (Wildman–Crippen LogP) is 3.53. The molecule has 0 saturated carbocycles. The van der Waals surface area contributed by atoms with Crippen LogP contribution in [0.2, 0.25) is 0 Å². The van der Waals surface area contributed by atoms with Crippen LogP contribution in [0.15, 0.2) is 54.6 Å². The first-order valence-electron chi connectivity index (χ1n) is 8.20. The fourth-order valence-electron chi connectivity index (χ4n) is 3.05. The van der Waals surface area contributed by atoms with Crippen LogP contribution in [-0.2, 0) is 13.0 Å². The van der Waals surface area contributed by atoms with Gasteiger partial charge in [-0.1, -0.05) is 30.3 Å². The minimum absolute atomic E-state index is 0.115. The van der Waals surface area contributed by atoms with Crippen LogP contribution < -0.4 is 5.32 Å². The Morgan fingerprint density at radius 1 is 1.00 bits per heavy atom. The Bertz CT molecular complexity index is 870. The van der Waals surface area contributed by atoms with Crippen LogP contribution in [0.4, 0.5) is 5.69 Å². The van der Waals surface area contributed by atoms with Gasteiger partial charge >= 0.3 is 0 Å². The summed E-state index contributed by atoms with van der Waals surface area (Å²) in [7, 11) is 0. The highest BCUT2D eigenvalue weighted by Gasteiger charge is 2.17. The summed E-state index contributed by atoms with van der Waals surface area (Å²) in [6, 6.07) is 17.0. The smallest absolute Gasteiger partial charge is 0.255 e. The van der Waals surface area contributed by atoms with Crippen molar-refractivity contribution in [3.05, 3.63) is 66.0 Å². The zero-order valence-electron chi connectivity index (χ0n) is 13.3. The molecule has 1 aliphatic heterocycles. The fourth-order valence-corrected chi connectivity index (χ4v) is 3.05. The van der Waals surface area contributed by atoms with E-state index < -0.39 is 0 Å². The van der Waals surface area contributed by atoms with Gasteiger partial charge in [0, 0.05) is 29.8 Å². The van der Waals surface area contributed by atoms with Crippen molar-refractivity contribution >= 4 is 11.6 Å². The number of anilines is 1. The van der Waals surface area contributed by atoms with Gasteiger partial charge in [-0.05, 0) is 37.1 Å². The van der Waals surface area contributed by atoms with E-state index >= 15 is 0 Å². The predicted molar refractivity (Wildman–Crippen MR) is 92.8 cm³/mol. The monoisotopic (exact) mass is 318 g/mol. The van der Waals surface area contributed by atoms with E-state index in [0.29, 0.717) is 5.56 Å². The van der Waals surface area contributed by atoms with Crippen molar-refractivity contribution in [3.8, 4) is 11.4 Å². The number of fused-ring (bicyclic) bond motifs is 1. The lowest BCUT2D eigenvalue weighted by atomic mass is 10.1. The number of aryl methyl sites for hydroxylation is 1. The molecule has 0 radical (unpaired) electrons. The summed E-state index contributed by atoms with van der Waals surface area (Å²) in [6.07, 6.45) is 3.31. The van der Waals surface area contributed by atoms with E-state index in [1.165, 1.54) is 6.42 Å². The van der Waals surface area contributed by atoms with Crippen molar-refractivity contribution in [2.75, 3.05) is 5.32 Å². The number of hydrogen-bond acceptors (Lipinski definition) is 3. The number of nitrogens with zero attached hydrogens (tertiary/aromatic N) is 3. The molecule has 4 rings (SSSR count). The second-order valence-corrected chi connectivity index (χ2v) is 5.95. The Morgan fingerprint density at radius 2 is 1.88 bits per heavy atom. The molecule has 3 aromatic rings. The average Bonchev–Trinajstić information content (AvgIpc) is 3.07. The van der Waals surface area contributed by atoms with E-state index in [-0.39, 0.29) is 5.91 Å². The summed E-state index contributed by atoms with van der Waals surface area (Å²) in [5, 5.41) is 11.6. The van der Waals surface area contributed by atoms with Crippen molar-refractivity contribution in [2.24, 2.45) is 0 Å². The molecule has 2 aromatic carbocycles. The van der Waals surface area contributed by atoms with Gasteiger partial charge < -0.3 is 9.88 Å². The van der Waals surface area contributed by atoms with Gasteiger partial charge in [0.15, 0.2) is 5.82 Å². The van der Waals surface area contributed by atoms with Crippen LogP contribution in [0.3, 0.4) is 0 Å². The Labute approximate surface area is 140 Å². The second-order valence-electron chi connectivity index (χ2n) is 5.95. The van der Waals surface area contributed by atoms with E-state index in [2.05, 4.69) is 20.1 Å². The van der Waals surface area contributed by atoms with Crippen LogP contribution in [0.5, 0.6) is 0 Å². The molecule has 0 fully saturated rings. The molecule has 0 aliphatic carbocycles. The largest absolute Gasteiger partial charge is 0.322 e. The third-order valence-electron chi connectivity index (χ3n) is 4.27. The molecule has 5 nitrogen and oxygen atoms in total. The number of carbonyl (C=O) groups is 1. The highest BCUT2D eigenvalue weighted by atomic mass is 16.1. The molecule has 1 aromatic heterocycles. The molecule has 120 valence electrons. The molecule has 1 aliphatic rings. The second kappa shape index (κ2) is 6.28. The number of hydrogen-bond donors (Lipinski definition) is 1. The summed E-state index contributed by atoms with van der Waals surface area (Å²) in [4.78, 5) is 12.3. The quantitative estimate of drug-likeness (QED) is 0.803. The summed E-state index contributed by atoms with van der Waals surface area (Å²) in [5.41, 5.74) is 2.37. The van der Waals surface area contributed by atoms with Crippen LogP contribution in [0.1, 0.15) is 29.0 Å². The number of aromatic nitrogens is 3. The maximum atomic E-state index is 12.3. The lowest BCUT2D eigenvalue weighted by Gasteiger charge is -2.15. The summed E-state index contributed by atoms with van der Waals surface area (Å²) >= 11 is 0.